The van der Waals surface area contributed by atoms with Gasteiger partial charge in [-0.05, 0) is 50.1 Å². The highest BCUT2D eigenvalue weighted by Crippen LogP contribution is 2.23. The highest BCUT2D eigenvalue weighted by molar-refractivity contribution is 9.10. The quantitative estimate of drug-likeness (QED) is 0.815. The maximum atomic E-state index is 12.1. The summed E-state index contributed by atoms with van der Waals surface area (Å²) in [6, 6.07) is 4.72. The Morgan fingerprint density at radius 3 is 2.67 bits per heavy atom. The number of anilines is 1. The molecule has 8 heteroatoms. The van der Waals surface area contributed by atoms with Crippen LogP contribution in [-0.2, 0) is 10.0 Å². The van der Waals surface area contributed by atoms with Gasteiger partial charge in [-0.3, -0.25) is 9.71 Å². The van der Waals surface area contributed by atoms with Crippen LogP contribution in [0.25, 0.3) is 0 Å². The molecule has 2 aromatic heterocycles. The minimum atomic E-state index is -3.67. The second-order valence-corrected chi connectivity index (χ2v) is 6.64. The Balaban J connectivity index is 2.37. The van der Waals surface area contributed by atoms with E-state index in [-0.39, 0.29) is 4.90 Å². The Morgan fingerprint density at radius 1 is 1.22 bits per heavy atom. The SMILES string of the molecule is O=S(=O)(Nc1cccnc1Br)c1cncc(Br)c1. The molecule has 0 fully saturated rings. The molecule has 0 unspecified atom stereocenters. The van der Waals surface area contributed by atoms with Gasteiger partial charge in [-0.15, -0.1) is 0 Å². The predicted octanol–water partition coefficient (Wildman–Crippen LogP) is 2.80. The van der Waals surface area contributed by atoms with Crippen LogP contribution in [-0.4, -0.2) is 18.4 Å². The number of aromatic nitrogens is 2. The number of hydrogen-bond acceptors (Lipinski definition) is 4. The highest BCUT2D eigenvalue weighted by Gasteiger charge is 2.16. The van der Waals surface area contributed by atoms with Crippen molar-refractivity contribution in [3.8, 4) is 0 Å². The van der Waals surface area contributed by atoms with Gasteiger partial charge in [0.25, 0.3) is 10.0 Å². The van der Waals surface area contributed by atoms with Crippen molar-refractivity contribution in [2.45, 2.75) is 4.90 Å². The second kappa shape index (κ2) is 5.33. The molecule has 0 spiro atoms. The monoisotopic (exact) mass is 391 g/mol. The van der Waals surface area contributed by atoms with Gasteiger partial charge < -0.3 is 0 Å². The standard InChI is InChI=1S/C10H7Br2N3O2S/c11-7-4-8(6-13-5-7)18(16,17)15-9-2-1-3-14-10(9)12/h1-6,15H. The minimum absolute atomic E-state index is 0.0765. The largest absolute Gasteiger partial charge is 0.277 e. The number of rotatable bonds is 3. The van der Waals surface area contributed by atoms with Gasteiger partial charge in [-0.2, -0.15) is 0 Å². The van der Waals surface area contributed by atoms with E-state index in [1.54, 1.807) is 18.3 Å². The van der Waals surface area contributed by atoms with Crippen molar-refractivity contribution in [3.05, 3.63) is 45.9 Å². The molecular weight excluding hydrogens is 386 g/mol. The lowest BCUT2D eigenvalue weighted by Crippen LogP contribution is -2.13. The van der Waals surface area contributed by atoms with E-state index in [2.05, 4.69) is 46.5 Å². The van der Waals surface area contributed by atoms with Crippen LogP contribution in [0.5, 0.6) is 0 Å². The molecular formula is C10H7Br2N3O2S. The first kappa shape index (κ1) is 13.4. The van der Waals surface area contributed by atoms with Crippen LogP contribution in [0, 0.1) is 0 Å². The summed E-state index contributed by atoms with van der Waals surface area (Å²) < 4.78 is 27.6. The topological polar surface area (TPSA) is 72.0 Å². The van der Waals surface area contributed by atoms with Crippen molar-refractivity contribution in [2.75, 3.05) is 4.72 Å². The smallest absolute Gasteiger partial charge is 0.263 e. The van der Waals surface area contributed by atoms with Gasteiger partial charge in [0.2, 0.25) is 0 Å². The molecule has 2 rings (SSSR count). The minimum Gasteiger partial charge on any atom is -0.277 e. The summed E-state index contributed by atoms with van der Waals surface area (Å²) in [7, 11) is -3.67. The summed E-state index contributed by atoms with van der Waals surface area (Å²) in [5.41, 5.74) is 0.373. The Kier molecular flexibility index (Phi) is 3.98. The van der Waals surface area contributed by atoms with Crippen LogP contribution >= 0.6 is 31.9 Å². The molecule has 0 bridgehead atoms. The van der Waals surface area contributed by atoms with E-state index in [0.717, 1.165) is 0 Å². The number of pyridine rings is 2. The molecule has 2 aromatic rings. The third-order valence-electron chi connectivity index (χ3n) is 1.99. The first-order chi connectivity index (χ1) is 8.49. The van der Waals surface area contributed by atoms with Crippen LogP contribution < -0.4 is 4.72 Å². The number of halogens is 2. The lowest BCUT2D eigenvalue weighted by atomic mass is 10.4. The second-order valence-electron chi connectivity index (χ2n) is 3.29. The van der Waals surface area contributed by atoms with Gasteiger partial charge in [-0.1, -0.05) is 0 Å². The van der Waals surface area contributed by atoms with Gasteiger partial charge >= 0.3 is 0 Å². The number of nitrogens with one attached hydrogen (secondary N) is 1. The van der Waals surface area contributed by atoms with E-state index in [1.165, 1.54) is 18.5 Å². The molecule has 0 saturated carbocycles. The van der Waals surface area contributed by atoms with E-state index >= 15 is 0 Å². The normalized spacial score (nSPS) is 11.2. The summed E-state index contributed by atoms with van der Waals surface area (Å²) >= 11 is 6.35. The van der Waals surface area contributed by atoms with Crippen LogP contribution in [0.2, 0.25) is 0 Å². The zero-order valence-electron chi connectivity index (χ0n) is 8.84. The Hall–Kier alpha value is -0.990. The molecule has 0 atom stereocenters. The van der Waals surface area contributed by atoms with Crippen molar-refractivity contribution < 1.29 is 8.42 Å². The van der Waals surface area contributed by atoms with Crippen molar-refractivity contribution >= 4 is 47.6 Å². The zero-order chi connectivity index (χ0) is 13.2. The maximum absolute atomic E-state index is 12.1. The average Bonchev–Trinajstić information content (AvgIpc) is 2.32. The van der Waals surface area contributed by atoms with Crippen LogP contribution in [0.4, 0.5) is 5.69 Å². The summed E-state index contributed by atoms with van der Waals surface area (Å²) in [5, 5.41) is 0. The molecule has 0 aliphatic rings. The highest BCUT2D eigenvalue weighted by atomic mass is 79.9. The third kappa shape index (κ3) is 3.06. The molecule has 94 valence electrons. The lowest BCUT2D eigenvalue weighted by molar-refractivity contribution is 0.600. The Morgan fingerprint density at radius 2 is 2.00 bits per heavy atom. The molecule has 0 aromatic carbocycles. The fourth-order valence-electron chi connectivity index (χ4n) is 1.21. The van der Waals surface area contributed by atoms with E-state index in [0.29, 0.717) is 14.8 Å². The molecule has 0 aliphatic heterocycles. The van der Waals surface area contributed by atoms with E-state index < -0.39 is 10.0 Å². The van der Waals surface area contributed by atoms with E-state index in [9.17, 15) is 8.42 Å². The molecule has 0 saturated heterocycles. The van der Waals surface area contributed by atoms with Crippen LogP contribution in [0.15, 0.2) is 50.8 Å². The number of sulfonamides is 1. The summed E-state index contributed by atoms with van der Waals surface area (Å²) in [6.45, 7) is 0. The zero-order valence-corrected chi connectivity index (χ0v) is 12.8. The fourth-order valence-corrected chi connectivity index (χ4v) is 3.26. The van der Waals surface area contributed by atoms with Gasteiger partial charge in [0.1, 0.15) is 9.50 Å². The summed E-state index contributed by atoms with van der Waals surface area (Å²) in [6.07, 6.45) is 4.35. The van der Waals surface area contributed by atoms with Crippen LogP contribution in [0.3, 0.4) is 0 Å². The molecule has 1 N–H and O–H groups in total. The molecule has 0 amide bonds. The van der Waals surface area contributed by atoms with Crippen molar-refractivity contribution in [1.29, 1.82) is 0 Å². The van der Waals surface area contributed by atoms with E-state index in [4.69, 9.17) is 0 Å². The molecule has 2 heterocycles. The van der Waals surface area contributed by atoms with E-state index in [1.807, 2.05) is 0 Å². The maximum Gasteiger partial charge on any atom is 0.263 e. The molecule has 0 radical (unpaired) electrons. The molecule has 0 aliphatic carbocycles. The predicted molar refractivity (Wildman–Crippen MR) is 74.7 cm³/mol. The van der Waals surface area contributed by atoms with Crippen molar-refractivity contribution in [1.82, 2.24) is 9.97 Å². The summed E-state index contributed by atoms with van der Waals surface area (Å²) in [5.74, 6) is 0. The fraction of sp³-hybridized carbons (Fsp3) is 0. The Bertz CT molecular complexity index is 676. The summed E-state index contributed by atoms with van der Waals surface area (Å²) in [4.78, 5) is 7.84. The van der Waals surface area contributed by atoms with Crippen molar-refractivity contribution in [2.24, 2.45) is 0 Å². The molecule has 5 nitrogen and oxygen atoms in total. The number of nitrogens with zero attached hydrogens (tertiary/aromatic N) is 2. The van der Waals surface area contributed by atoms with Gasteiger partial charge in [-0.25, -0.2) is 13.4 Å². The first-order valence-corrected chi connectivity index (χ1v) is 7.80. The third-order valence-corrected chi connectivity index (χ3v) is 4.39. The van der Waals surface area contributed by atoms with Crippen LogP contribution in [0.1, 0.15) is 0 Å². The number of hydrogen-bond donors (Lipinski definition) is 1. The Labute approximate surface area is 121 Å². The van der Waals surface area contributed by atoms with Gasteiger partial charge in [0.15, 0.2) is 0 Å². The van der Waals surface area contributed by atoms with Gasteiger partial charge in [0, 0.05) is 23.1 Å². The van der Waals surface area contributed by atoms with Gasteiger partial charge in [0.05, 0.1) is 5.69 Å². The lowest BCUT2D eigenvalue weighted by Gasteiger charge is -2.08. The first-order valence-electron chi connectivity index (χ1n) is 4.73. The van der Waals surface area contributed by atoms with Crippen molar-refractivity contribution in [3.63, 3.8) is 0 Å². The average molecular weight is 393 g/mol. The molecule has 18 heavy (non-hydrogen) atoms.